The number of aryl methyl sites for hydroxylation is 1. The first-order valence-electron chi connectivity index (χ1n) is 10.7. The van der Waals surface area contributed by atoms with Gasteiger partial charge in [-0.15, -0.1) is 0 Å². The third-order valence-corrected chi connectivity index (χ3v) is 6.10. The Bertz CT molecular complexity index is 1540. The predicted molar refractivity (Wildman–Crippen MR) is 132 cm³/mol. The van der Waals surface area contributed by atoms with Crippen LogP contribution >= 0.6 is 15.9 Å². The zero-order valence-electron chi connectivity index (χ0n) is 18.5. The molecule has 2 aromatic carbocycles. The molecule has 0 bridgehead atoms. The van der Waals surface area contributed by atoms with E-state index in [0.717, 1.165) is 16.5 Å². The zero-order chi connectivity index (χ0) is 24.5. The van der Waals surface area contributed by atoms with Crippen LogP contribution < -0.4 is 5.32 Å². The molecule has 0 fully saturated rings. The third-order valence-electron chi connectivity index (χ3n) is 5.52. The summed E-state index contributed by atoms with van der Waals surface area (Å²) in [7, 11) is 0. The lowest BCUT2D eigenvalue weighted by Crippen LogP contribution is -2.20. The third kappa shape index (κ3) is 4.69. The minimum atomic E-state index is -0.347. The highest BCUT2D eigenvalue weighted by Crippen LogP contribution is 2.30. The standard InChI is InChI=1S/C25H19BrF2N6O/c1-15-23-19(16-6-8-18(27)9-7-16)10-11-29-25(23)34(31-15)14-22(35)30-24-20(26)13-33(32-24)12-17-4-2-3-5-21(17)28/h2-11,13H,12,14H2,1H3,(H,30,32,35). The van der Waals surface area contributed by atoms with E-state index >= 15 is 0 Å². The summed E-state index contributed by atoms with van der Waals surface area (Å²) in [5, 5.41) is 12.4. The highest BCUT2D eigenvalue weighted by atomic mass is 79.9. The van der Waals surface area contributed by atoms with E-state index < -0.39 is 0 Å². The van der Waals surface area contributed by atoms with Crippen LogP contribution in [0.4, 0.5) is 14.6 Å². The molecule has 0 spiro atoms. The maximum atomic E-state index is 14.0. The Kier molecular flexibility index (Phi) is 6.12. The van der Waals surface area contributed by atoms with E-state index in [1.807, 2.05) is 13.0 Å². The van der Waals surface area contributed by atoms with Crippen molar-refractivity contribution in [1.29, 1.82) is 0 Å². The molecule has 3 heterocycles. The summed E-state index contributed by atoms with van der Waals surface area (Å²) in [6.45, 7) is 1.98. The highest BCUT2D eigenvalue weighted by Gasteiger charge is 2.17. The van der Waals surface area contributed by atoms with Gasteiger partial charge in [-0.1, -0.05) is 30.3 Å². The van der Waals surface area contributed by atoms with Gasteiger partial charge in [0.1, 0.15) is 18.2 Å². The molecule has 0 aliphatic rings. The lowest BCUT2D eigenvalue weighted by molar-refractivity contribution is -0.116. The summed E-state index contributed by atoms with van der Waals surface area (Å²) < 4.78 is 31.0. The van der Waals surface area contributed by atoms with Crippen molar-refractivity contribution < 1.29 is 13.6 Å². The topological polar surface area (TPSA) is 77.6 Å². The number of nitrogens with zero attached hydrogens (tertiary/aromatic N) is 5. The second-order valence-corrected chi connectivity index (χ2v) is 8.82. The monoisotopic (exact) mass is 536 g/mol. The minimum Gasteiger partial charge on any atom is -0.307 e. The van der Waals surface area contributed by atoms with Gasteiger partial charge in [0.2, 0.25) is 5.91 Å². The average Bonchev–Trinajstić information content (AvgIpc) is 3.34. The molecule has 0 unspecified atom stereocenters. The number of fused-ring (bicyclic) bond motifs is 1. The van der Waals surface area contributed by atoms with Crippen LogP contribution in [0.3, 0.4) is 0 Å². The second kappa shape index (κ2) is 9.38. The van der Waals surface area contributed by atoms with E-state index in [1.165, 1.54) is 22.9 Å². The number of carbonyl (C=O) groups is 1. The van der Waals surface area contributed by atoms with Gasteiger partial charge in [0.25, 0.3) is 0 Å². The van der Waals surface area contributed by atoms with E-state index in [2.05, 4.69) is 36.4 Å². The van der Waals surface area contributed by atoms with Gasteiger partial charge in [0.05, 0.1) is 16.7 Å². The van der Waals surface area contributed by atoms with Crippen molar-refractivity contribution in [3.05, 3.63) is 94.4 Å². The molecular weight excluding hydrogens is 518 g/mol. The summed E-state index contributed by atoms with van der Waals surface area (Å²) in [6.07, 6.45) is 3.31. The fraction of sp³-hybridized carbons (Fsp3) is 0.120. The summed E-state index contributed by atoms with van der Waals surface area (Å²) in [5.41, 5.74) is 3.42. The average molecular weight is 537 g/mol. The molecule has 7 nitrogen and oxygen atoms in total. The molecule has 5 rings (SSSR count). The summed E-state index contributed by atoms with van der Waals surface area (Å²) in [4.78, 5) is 17.3. The van der Waals surface area contributed by atoms with Crippen LogP contribution in [0.1, 0.15) is 11.3 Å². The number of benzene rings is 2. The maximum absolute atomic E-state index is 14.0. The van der Waals surface area contributed by atoms with E-state index in [-0.39, 0.29) is 30.6 Å². The first-order valence-corrected chi connectivity index (χ1v) is 11.5. The van der Waals surface area contributed by atoms with Gasteiger partial charge in [-0.05, 0) is 58.2 Å². The molecule has 35 heavy (non-hydrogen) atoms. The van der Waals surface area contributed by atoms with Crippen molar-refractivity contribution in [1.82, 2.24) is 24.5 Å². The molecular formula is C25H19BrF2N6O. The Labute approximate surface area is 207 Å². The number of aromatic nitrogens is 5. The number of halogens is 3. The minimum absolute atomic E-state index is 0.0865. The molecule has 0 aliphatic heterocycles. The Hall–Kier alpha value is -3.92. The Morgan fingerprint density at radius 3 is 2.60 bits per heavy atom. The van der Waals surface area contributed by atoms with E-state index in [1.54, 1.807) is 47.4 Å². The van der Waals surface area contributed by atoms with Crippen LogP contribution in [0, 0.1) is 18.6 Å². The van der Waals surface area contributed by atoms with E-state index in [9.17, 15) is 13.6 Å². The van der Waals surface area contributed by atoms with Crippen molar-refractivity contribution in [3.8, 4) is 11.1 Å². The quantitative estimate of drug-likeness (QED) is 0.318. The molecule has 1 N–H and O–H groups in total. The molecule has 0 aliphatic carbocycles. The largest absolute Gasteiger partial charge is 0.307 e. The molecule has 176 valence electrons. The molecule has 1 amide bonds. The number of anilines is 1. The van der Waals surface area contributed by atoms with Crippen LogP contribution in [-0.4, -0.2) is 30.5 Å². The predicted octanol–water partition coefficient (Wildman–Crippen LogP) is 5.33. The molecule has 0 saturated heterocycles. The van der Waals surface area contributed by atoms with Crippen LogP contribution in [0.15, 0.2) is 71.5 Å². The van der Waals surface area contributed by atoms with Gasteiger partial charge >= 0.3 is 0 Å². The SMILES string of the molecule is Cc1nn(CC(=O)Nc2nn(Cc3ccccc3F)cc2Br)c2nccc(-c3ccc(F)cc3)c12. The summed E-state index contributed by atoms with van der Waals surface area (Å²) >= 11 is 3.39. The van der Waals surface area contributed by atoms with Gasteiger partial charge < -0.3 is 5.32 Å². The summed E-state index contributed by atoms with van der Waals surface area (Å²) in [6, 6.07) is 14.5. The summed E-state index contributed by atoms with van der Waals surface area (Å²) in [5.74, 6) is -0.663. The fourth-order valence-corrected chi connectivity index (χ4v) is 4.35. The number of rotatable bonds is 6. The lowest BCUT2D eigenvalue weighted by Gasteiger charge is -2.06. The second-order valence-electron chi connectivity index (χ2n) is 7.97. The highest BCUT2D eigenvalue weighted by molar-refractivity contribution is 9.10. The van der Waals surface area contributed by atoms with Gasteiger partial charge in [0, 0.05) is 23.3 Å². The van der Waals surface area contributed by atoms with Crippen molar-refractivity contribution in [2.45, 2.75) is 20.0 Å². The molecule has 3 aromatic heterocycles. The Morgan fingerprint density at radius 1 is 1.06 bits per heavy atom. The molecule has 0 saturated carbocycles. The van der Waals surface area contributed by atoms with Crippen molar-refractivity contribution in [2.75, 3.05) is 5.32 Å². The van der Waals surface area contributed by atoms with Crippen molar-refractivity contribution in [2.24, 2.45) is 0 Å². The van der Waals surface area contributed by atoms with Gasteiger partial charge in [0.15, 0.2) is 11.5 Å². The normalized spacial score (nSPS) is 11.2. The molecule has 10 heteroatoms. The smallest absolute Gasteiger partial charge is 0.247 e. The number of amides is 1. The van der Waals surface area contributed by atoms with Gasteiger partial charge in [-0.2, -0.15) is 10.2 Å². The maximum Gasteiger partial charge on any atom is 0.247 e. The van der Waals surface area contributed by atoms with Crippen molar-refractivity contribution >= 4 is 38.7 Å². The number of hydrogen-bond donors (Lipinski definition) is 1. The Balaban J connectivity index is 1.36. The van der Waals surface area contributed by atoms with Gasteiger partial charge in [-0.25, -0.2) is 18.4 Å². The zero-order valence-corrected chi connectivity index (χ0v) is 20.1. The first-order chi connectivity index (χ1) is 16.9. The molecule has 0 radical (unpaired) electrons. The van der Waals surface area contributed by atoms with Crippen LogP contribution in [0.25, 0.3) is 22.2 Å². The number of carbonyl (C=O) groups excluding carboxylic acids is 1. The van der Waals surface area contributed by atoms with E-state index in [4.69, 9.17) is 0 Å². The number of nitrogens with one attached hydrogen (secondary N) is 1. The van der Waals surface area contributed by atoms with E-state index in [0.29, 0.717) is 27.2 Å². The van der Waals surface area contributed by atoms with Crippen molar-refractivity contribution in [3.63, 3.8) is 0 Å². The molecule has 5 aromatic rings. The number of pyridine rings is 1. The fourth-order valence-electron chi connectivity index (χ4n) is 3.93. The van der Waals surface area contributed by atoms with Crippen LogP contribution in [0.2, 0.25) is 0 Å². The first kappa shape index (κ1) is 22.9. The van der Waals surface area contributed by atoms with Crippen LogP contribution in [-0.2, 0) is 17.9 Å². The lowest BCUT2D eigenvalue weighted by atomic mass is 10.0. The van der Waals surface area contributed by atoms with Gasteiger partial charge in [-0.3, -0.25) is 9.48 Å². The Morgan fingerprint density at radius 2 is 1.83 bits per heavy atom. The molecule has 0 atom stereocenters. The number of hydrogen-bond acceptors (Lipinski definition) is 4. The van der Waals surface area contributed by atoms with Crippen LogP contribution in [0.5, 0.6) is 0 Å².